The van der Waals surface area contributed by atoms with Gasteiger partial charge in [0.15, 0.2) is 0 Å². The second-order valence-electron chi connectivity index (χ2n) is 3.58. The fourth-order valence-electron chi connectivity index (χ4n) is 1.33. The van der Waals surface area contributed by atoms with Crippen LogP contribution in [0.4, 0.5) is 10.5 Å². The number of hydrogen-bond acceptors (Lipinski definition) is 4. The average molecular weight is 292 g/mol. The summed E-state index contributed by atoms with van der Waals surface area (Å²) < 4.78 is 25.8. The molecular weight excluding hydrogens is 278 g/mol. The first-order valence-corrected chi connectivity index (χ1v) is 7.00. The van der Waals surface area contributed by atoms with E-state index in [-0.39, 0.29) is 15.6 Å². The molecule has 18 heavy (non-hydrogen) atoms. The highest BCUT2D eigenvalue weighted by Gasteiger charge is 2.21. The Hall–Kier alpha value is -1.47. The van der Waals surface area contributed by atoms with Crippen molar-refractivity contribution >= 4 is 33.3 Å². The molecular formula is C10H14ClN3O3S. The van der Waals surface area contributed by atoms with Crippen LogP contribution in [0.3, 0.4) is 0 Å². The first-order chi connectivity index (χ1) is 8.27. The van der Waals surface area contributed by atoms with Crippen molar-refractivity contribution in [3.8, 4) is 0 Å². The maximum atomic E-state index is 12.0. The highest BCUT2D eigenvalue weighted by Crippen LogP contribution is 2.25. The van der Waals surface area contributed by atoms with Crippen molar-refractivity contribution in [3.05, 3.63) is 22.7 Å². The third kappa shape index (κ3) is 3.27. The zero-order valence-corrected chi connectivity index (χ0v) is 11.5. The van der Waals surface area contributed by atoms with E-state index in [0.717, 1.165) is 0 Å². The maximum Gasteiger partial charge on any atom is 0.328 e. The lowest BCUT2D eigenvalue weighted by Crippen LogP contribution is -2.39. The van der Waals surface area contributed by atoms with Gasteiger partial charge in [-0.25, -0.2) is 17.9 Å². The van der Waals surface area contributed by atoms with E-state index < -0.39 is 16.1 Å². The van der Waals surface area contributed by atoms with Gasteiger partial charge in [0, 0.05) is 17.3 Å². The maximum absolute atomic E-state index is 12.0. The normalized spacial score (nSPS) is 11.1. The Morgan fingerprint density at radius 1 is 1.44 bits per heavy atom. The molecule has 0 saturated heterocycles. The molecule has 0 fully saturated rings. The lowest BCUT2D eigenvalue weighted by atomic mass is 10.2. The first kappa shape index (κ1) is 14.6. The molecule has 0 unspecified atom stereocenters. The first-order valence-electron chi connectivity index (χ1n) is 5.14. The Morgan fingerprint density at radius 2 is 2.06 bits per heavy atom. The van der Waals surface area contributed by atoms with Crippen LogP contribution >= 0.6 is 11.6 Å². The standard InChI is InChI=1S/C10H14ClN3O3S/c1-3-13-10(15)14-18(16,17)9-5-7(11)4-8(12)6(9)2/h4-5H,3,12H2,1-2H3,(H2,13,14,15). The Balaban J connectivity index is 3.17. The van der Waals surface area contributed by atoms with Gasteiger partial charge in [-0.3, -0.25) is 0 Å². The highest BCUT2D eigenvalue weighted by molar-refractivity contribution is 7.90. The summed E-state index contributed by atoms with van der Waals surface area (Å²) in [5.74, 6) is 0. The molecule has 0 radical (unpaired) electrons. The summed E-state index contributed by atoms with van der Waals surface area (Å²) in [6.07, 6.45) is 0. The lowest BCUT2D eigenvalue weighted by molar-refractivity contribution is 0.246. The van der Waals surface area contributed by atoms with E-state index in [1.165, 1.54) is 19.1 Å². The fourth-order valence-corrected chi connectivity index (χ4v) is 2.85. The number of carbonyl (C=O) groups excluding carboxylic acids is 1. The molecule has 1 aromatic carbocycles. The van der Waals surface area contributed by atoms with E-state index in [9.17, 15) is 13.2 Å². The summed E-state index contributed by atoms with van der Waals surface area (Å²) in [7, 11) is -3.98. The zero-order chi connectivity index (χ0) is 13.9. The second kappa shape index (κ2) is 5.45. The van der Waals surface area contributed by atoms with Crippen LogP contribution < -0.4 is 15.8 Å². The van der Waals surface area contributed by atoms with Crippen molar-refractivity contribution < 1.29 is 13.2 Å². The van der Waals surface area contributed by atoms with Crippen LogP contribution in [0.5, 0.6) is 0 Å². The van der Waals surface area contributed by atoms with E-state index in [1.54, 1.807) is 6.92 Å². The summed E-state index contributed by atoms with van der Waals surface area (Å²) in [6.45, 7) is 3.53. The van der Waals surface area contributed by atoms with Crippen LogP contribution in [0.25, 0.3) is 0 Å². The minimum atomic E-state index is -3.98. The van der Waals surface area contributed by atoms with Gasteiger partial charge in [-0.05, 0) is 31.5 Å². The molecule has 6 nitrogen and oxygen atoms in total. The summed E-state index contributed by atoms with van der Waals surface area (Å²) in [4.78, 5) is 11.1. The van der Waals surface area contributed by atoms with Crippen LogP contribution in [0.1, 0.15) is 12.5 Å². The molecule has 4 N–H and O–H groups in total. The van der Waals surface area contributed by atoms with Crippen LogP contribution in [0.2, 0.25) is 5.02 Å². The highest BCUT2D eigenvalue weighted by atomic mass is 35.5. The number of sulfonamides is 1. The summed E-state index contributed by atoms with van der Waals surface area (Å²) in [6, 6.07) is 1.90. The SMILES string of the molecule is CCNC(=O)NS(=O)(=O)c1cc(Cl)cc(N)c1C. The number of rotatable bonds is 3. The molecule has 0 bridgehead atoms. The smallest absolute Gasteiger partial charge is 0.328 e. The topological polar surface area (TPSA) is 101 Å². The molecule has 1 aromatic rings. The van der Waals surface area contributed by atoms with Crippen LogP contribution in [-0.4, -0.2) is 21.0 Å². The molecule has 0 aliphatic carbocycles. The Kier molecular flexibility index (Phi) is 4.42. The number of halogens is 1. The van der Waals surface area contributed by atoms with E-state index in [1.807, 2.05) is 4.72 Å². The third-order valence-electron chi connectivity index (χ3n) is 2.22. The number of hydrogen-bond donors (Lipinski definition) is 3. The summed E-state index contributed by atoms with van der Waals surface area (Å²) in [5.41, 5.74) is 6.22. The van der Waals surface area contributed by atoms with Gasteiger partial charge in [-0.1, -0.05) is 11.6 Å². The van der Waals surface area contributed by atoms with Crippen LogP contribution in [0.15, 0.2) is 17.0 Å². The largest absolute Gasteiger partial charge is 0.398 e. The average Bonchev–Trinajstić information content (AvgIpc) is 2.22. The van der Waals surface area contributed by atoms with Gasteiger partial charge in [0.05, 0.1) is 4.90 Å². The number of nitrogens with one attached hydrogen (secondary N) is 2. The van der Waals surface area contributed by atoms with Crippen molar-refractivity contribution in [1.29, 1.82) is 0 Å². The quantitative estimate of drug-likeness (QED) is 0.729. The monoisotopic (exact) mass is 291 g/mol. The summed E-state index contributed by atoms with van der Waals surface area (Å²) in [5, 5.41) is 2.52. The lowest BCUT2D eigenvalue weighted by Gasteiger charge is -2.11. The van der Waals surface area contributed by atoms with Crippen molar-refractivity contribution in [3.63, 3.8) is 0 Å². The predicted molar refractivity (Wildman–Crippen MR) is 70.0 cm³/mol. The van der Waals surface area contributed by atoms with Gasteiger partial charge in [0.2, 0.25) is 0 Å². The van der Waals surface area contributed by atoms with Gasteiger partial charge in [0.25, 0.3) is 10.0 Å². The molecule has 0 aliphatic heterocycles. The van der Waals surface area contributed by atoms with Crippen LogP contribution in [-0.2, 0) is 10.0 Å². The molecule has 0 aliphatic rings. The molecule has 8 heteroatoms. The van der Waals surface area contributed by atoms with Crippen molar-refractivity contribution in [2.45, 2.75) is 18.7 Å². The van der Waals surface area contributed by atoms with E-state index >= 15 is 0 Å². The van der Waals surface area contributed by atoms with Crippen molar-refractivity contribution in [2.75, 3.05) is 12.3 Å². The van der Waals surface area contributed by atoms with Gasteiger partial charge < -0.3 is 11.1 Å². The zero-order valence-electron chi connectivity index (χ0n) is 9.95. The fraction of sp³-hybridized carbons (Fsp3) is 0.300. The summed E-state index contributed by atoms with van der Waals surface area (Å²) >= 11 is 5.75. The number of amides is 2. The second-order valence-corrected chi connectivity index (χ2v) is 5.67. The Labute approximate surface area is 111 Å². The van der Waals surface area contributed by atoms with Gasteiger partial charge >= 0.3 is 6.03 Å². The van der Waals surface area contributed by atoms with E-state index in [4.69, 9.17) is 17.3 Å². The predicted octanol–water partition coefficient (Wildman–Crippen LogP) is 1.24. The van der Waals surface area contributed by atoms with Gasteiger partial charge in [-0.15, -0.1) is 0 Å². The van der Waals surface area contributed by atoms with Crippen LogP contribution in [0, 0.1) is 6.92 Å². The molecule has 0 heterocycles. The minimum Gasteiger partial charge on any atom is -0.398 e. The molecule has 2 amide bonds. The molecule has 100 valence electrons. The molecule has 1 rings (SSSR count). The van der Waals surface area contributed by atoms with Crippen molar-refractivity contribution in [2.24, 2.45) is 0 Å². The van der Waals surface area contributed by atoms with Crippen molar-refractivity contribution in [1.82, 2.24) is 10.0 Å². The number of benzene rings is 1. The molecule has 0 aromatic heterocycles. The van der Waals surface area contributed by atoms with E-state index in [0.29, 0.717) is 12.1 Å². The number of nitrogens with two attached hydrogens (primary N) is 1. The minimum absolute atomic E-state index is 0.112. The number of urea groups is 1. The molecule has 0 spiro atoms. The Morgan fingerprint density at radius 3 is 2.61 bits per heavy atom. The number of anilines is 1. The molecule has 0 saturated carbocycles. The van der Waals surface area contributed by atoms with E-state index in [2.05, 4.69) is 5.32 Å². The van der Waals surface area contributed by atoms with Gasteiger partial charge in [-0.2, -0.15) is 0 Å². The molecule has 0 atom stereocenters. The Bertz CT molecular complexity index is 572. The number of carbonyl (C=O) groups is 1. The van der Waals surface area contributed by atoms with Gasteiger partial charge in [0.1, 0.15) is 0 Å². The third-order valence-corrected chi connectivity index (χ3v) is 3.89. The number of nitrogen functional groups attached to an aromatic ring is 1.